The van der Waals surface area contributed by atoms with Crippen molar-refractivity contribution in [1.82, 2.24) is 9.97 Å². The molecular weight excluding hydrogens is 490 g/mol. The third-order valence-electron chi connectivity index (χ3n) is 4.14. The summed E-state index contributed by atoms with van der Waals surface area (Å²) < 4.78 is 26.5. The maximum absolute atomic E-state index is 12.9. The lowest BCUT2D eigenvalue weighted by Gasteiger charge is -2.09. The van der Waals surface area contributed by atoms with Gasteiger partial charge in [0.15, 0.2) is 10.1 Å². The molecule has 0 aliphatic heterocycles. The fourth-order valence-corrected chi connectivity index (χ4v) is 5.20. The van der Waals surface area contributed by atoms with Gasteiger partial charge in [0.25, 0.3) is 5.56 Å². The molecule has 0 aliphatic rings. The second kappa shape index (κ2) is 9.15. The molecule has 0 atom stereocenters. The molecule has 0 fully saturated rings. The molecule has 3 rings (SSSR count). The number of para-hydroxylation sites is 1. The van der Waals surface area contributed by atoms with E-state index < -0.39 is 20.3 Å². The van der Waals surface area contributed by atoms with Crippen LogP contribution in [0.1, 0.15) is 11.1 Å². The molecule has 1 amide bonds. The average Bonchev–Trinajstić information content (AvgIpc) is 2.67. The number of hydrogen-bond donors (Lipinski definition) is 2. The second-order valence-corrected chi connectivity index (χ2v) is 10.2. The lowest BCUT2D eigenvalue weighted by molar-refractivity contribution is -0.113. The van der Waals surface area contributed by atoms with Crippen LogP contribution in [0.2, 0.25) is 0 Å². The number of benzene rings is 2. The summed E-state index contributed by atoms with van der Waals surface area (Å²) in [6.07, 6.45) is 1.03. The van der Waals surface area contributed by atoms with E-state index in [-0.39, 0.29) is 21.7 Å². The summed E-state index contributed by atoms with van der Waals surface area (Å²) in [5.41, 5.74) is 1.32. The first-order valence-corrected chi connectivity index (χ1v) is 12.0. The zero-order valence-corrected chi connectivity index (χ0v) is 19.3. The minimum Gasteiger partial charge on any atom is -0.324 e. The fraction of sp³-hybridized carbons (Fsp3) is 0.150. The van der Waals surface area contributed by atoms with Crippen LogP contribution in [0.3, 0.4) is 0 Å². The van der Waals surface area contributed by atoms with Crippen LogP contribution >= 0.6 is 27.7 Å². The van der Waals surface area contributed by atoms with Crippen molar-refractivity contribution in [2.75, 3.05) is 11.1 Å². The third kappa shape index (κ3) is 5.00. The van der Waals surface area contributed by atoms with Crippen molar-refractivity contribution in [2.24, 2.45) is 0 Å². The van der Waals surface area contributed by atoms with Crippen LogP contribution in [0.25, 0.3) is 0 Å². The number of sulfone groups is 1. The van der Waals surface area contributed by atoms with Crippen molar-refractivity contribution in [2.45, 2.75) is 28.8 Å². The first-order valence-electron chi connectivity index (χ1n) is 8.77. The first kappa shape index (κ1) is 22.3. The van der Waals surface area contributed by atoms with Gasteiger partial charge in [-0.1, -0.05) is 41.6 Å². The van der Waals surface area contributed by atoms with Crippen molar-refractivity contribution >= 4 is 49.1 Å². The highest BCUT2D eigenvalue weighted by molar-refractivity contribution is 9.10. The molecule has 156 valence electrons. The highest BCUT2D eigenvalue weighted by Gasteiger charge is 2.24. The normalized spacial score (nSPS) is 11.3. The quantitative estimate of drug-likeness (QED) is 0.388. The van der Waals surface area contributed by atoms with Gasteiger partial charge < -0.3 is 10.3 Å². The number of hydrogen-bond acceptors (Lipinski definition) is 6. The number of H-pyrrole nitrogens is 1. The lowest BCUT2D eigenvalue weighted by Crippen LogP contribution is -2.20. The SMILES string of the molecule is Cc1ccc(S(=O)(=O)c2cnc(SCC(=O)Nc3ccccc3Br)[nH]c2=O)c(C)c1. The number of halogens is 1. The molecule has 0 aliphatic carbocycles. The molecule has 1 heterocycles. The molecule has 0 bridgehead atoms. The molecule has 0 saturated heterocycles. The Balaban J connectivity index is 1.74. The highest BCUT2D eigenvalue weighted by Crippen LogP contribution is 2.24. The number of nitrogens with zero attached hydrogens (tertiary/aromatic N) is 1. The molecule has 1 aromatic heterocycles. The van der Waals surface area contributed by atoms with Gasteiger partial charge in [0.2, 0.25) is 15.7 Å². The van der Waals surface area contributed by atoms with Gasteiger partial charge in [-0.3, -0.25) is 9.59 Å². The monoisotopic (exact) mass is 507 g/mol. The Morgan fingerprint density at radius 1 is 1.17 bits per heavy atom. The van der Waals surface area contributed by atoms with Crippen LogP contribution in [0, 0.1) is 13.8 Å². The van der Waals surface area contributed by atoms with E-state index in [1.807, 2.05) is 13.0 Å². The molecule has 10 heteroatoms. The Labute approximate surface area is 186 Å². The molecule has 3 aromatic rings. The van der Waals surface area contributed by atoms with Crippen LogP contribution in [-0.4, -0.2) is 30.0 Å². The predicted molar refractivity (Wildman–Crippen MR) is 120 cm³/mol. The minimum atomic E-state index is -4.01. The number of amides is 1. The highest BCUT2D eigenvalue weighted by atomic mass is 79.9. The zero-order valence-electron chi connectivity index (χ0n) is 16.1. The predicted octanol–water partition coefficient (Wildman–Crippen LogP) is 3.71. The Morgan fingerprint density at radius 2 is 1.90 bits per heavy atom. The van der Waals surface area contributed by atoms with Gasteiger partial charge in [-0.25, -0.2) is 13.4 Å². The van der Waals surface area contributed by atoms with Crippen LogP contribution < -0.4 is 10.9 Å². The van der Waals surface area contributed by atoms with E-state index in [0.29, 0.717) is 11.3 Å². The topological polar surface area (TPSA) is 109 Å². The Hall–Kier alpha value is -2.43. The van der Waals surface area contributed by atoms with Crippen LogP contribution in [0.15, 0.2) is 72.9 Å². The number of aromatic nitrogens is 2. The summed E-state index contributed by atoms with van der Waals surface area (Å²) in [4.78, 5) is 30.6. The molecule has 0 saturated carbocycles. The van der Waals surface area contributed by atoms with Crippen molar-refractivity contribution in [3.63, 3.8) is 0 Å². The van der Waals surface area contributed by atoms with E-state index in [9.17, 15) is 18.0 Å². The largest absolute Gasteiger partial charge is 0.324 e. The van der Waals surface area contributed by atoms with Gasteiger partial charge in [-0.2, -0.15) is 0 Å². The molecule has 0 spiro atoms. The van der Waals surface area contributed by atoms with Gasteiger partial charge in [0.05, 0.1) is 22.5 Å². The molecule has 0 unspecified atom stereocenters. The molecule has 30 heavy (non-hydrogen) atoms. The van der Waals surface area contributed by atoms with Crippen molar-refractivity contribution < 1.29 is 13.2 Å². The number of carbonyl (C=O) groups is 1. The number of aryl methyl sites for hydroxylation is 2. The van der Waals surface area contributed by atoms with Gasteiger partial charge in [-0.15, -0.1) is 0 Å². The lowest BCUT2D eigenvalue weighted by atomic mass is 10.2. The number of rotatable bonds is 6. The van der Waals surface area contributed by atoms with Crippen LogP contribution in [0.5, 0.6) is 0 Å². The van der Waals surface area contributed by atoms with E-state index in [0.717, 1.165) is 28.0 Å². The van der Waals surface area contributed by atoms with E-state index in [1.165, 1.54) is 6.07 Å². The third-order valence-corrected chi connectivity index (χ3v) is 7.63. The Bertz CT molecular complexity index is 1270. The van der Waals surface area contributed by atoms with Gasteiger partial charge >= 0.3 is 0 Å². The second-order valence-electron chi connectivity index (χ2n) is 6.47. The van der Waals surface area contributed by atoms with Gasteiger partial charge in [-0.05, 0) is 53.5 Å². The van der Waals surface area contributed by atoms with E-state index in [1.54, 1.807) is 37.3 Å². The summed E-state index contributed by atoms with van der Waals surface area (Å²) in [5.74, 6) is -0.297. The fourth-order valence-electron chi connectivity index (χ4n) is 2.73. The first-order chi connectivity index (χ1) is 14.2. The maximum atomic E-state index is 12.9. The van der Waals surface area contributed by atoms with Crippen LogP contribution in [-0.2, 0) is 14.6 Å². The summed E-state index contributed by atoms with van der Waals surface area (Å²) >= 11 is 4.35. The van der Waals surface area contributed by atoms with Crippen molar-refractivity contribution in [3.8, 4) is 0 Å². The number of aromatic amines is 1. The number of thioether (sulfide) groups is 1. The molecule has 7 nitrogen and oxygen atoms in total. The Morgan fingerprint density at radius 3 is 2.57 bits per heavy atom. The van der Waals surface area contributed by atoms with E-state index in [4.69, 9.17) is 0 Å². The summed E-state index contributed by atoms with van der Waals surface area (Å²) in [6, 6.07) is 12.1. The molecule has 2 aromatic carbocycles. The average molecular weight is 508 g/mol. The smallest absolute Gasteiger partial charge is 0.270 e. The molecule has 2 N–H and O–H groups in total. The number of carbonyl (C=O) groups excluding carboxylic acids is 1. The van der Waals surface area contributed by atoms with Crippen LogP contribution in [0.4, 0.5) is 5.69 Å². The van der Waals surface area contributed by atoms with Gasteiger partial charge in [0, 0.05) is 4.47 Å². The molecular formula is C20H18BrN3O4S2. The van der Waals surface area contributed by atoms with Crippen molar-refractivity contribution in [1.29, 1.82) is 0 Å². The summed E-state index contributed by atoms with van der Waals surface area (Å²) in [6.45, 7) is 3.53. The number of nitrogens with one attached hydrogen (secondary N) is 2. The summed E-state index contributed by atoms with van der Waals surface area (Å²) in [7, 11) is -4.01. The Kier molecular flexibility index (Phi) is 6.79. The standard InChI is InChI=1S/C20H18BrN3O4S2/c1-12-7-8-16(13(2)9-12)30(27,28)17-10-22-20(24-19(17)26)29-11-18(25)23-15-6-4-3-5-14(15)21/h3-10H,11H2,1-2H3,(H,23,25)(H,22,24,26). The van der Waals surface area contributed by atoms with E-state index in [2.05, 4.69) is 31.2 Å². The summed E-state index contributed by atoms with van der Waals surface area (Å²) in [5, 5.41) is 2.90. The van der Waals surface area contributed by atoms with Gasteiger partial charge in [0.1, 0.15) is 0 Å². The maximum Gasteiger partial charge on any atom is 0.270 e. The number of anilines is 1. The molecule has 0 radical (unpaired) electrons. The van der Waals surface area contributed by atoms with E-state index >= 15 is 0 Å². The minimum absolute atomic E-state index is 0.00651. The zero-order chi connectivity index (χ0) is 21.9. The van der Waals surface area contributed by atoms with Crippen molar-refractivity contribution in [3.05, 3.63) is 74.6 Å².